The Balaban J connectivity index is 2.10. The van der Waals surface area contributed by atoms with Crippen LogP contribution < -0.4 is 9.47 Å². The Morgan fingerprint density at radius 1 is 1.19 bits per heavy atom. The van der Waals surface area contributed by atoms with Crippen LogP contribution in [0.15, 0.2) is 42.7 Å². The second-order valence-corrected chi connectivity index (χ2v) is 5.84. The number of aromatic nitrogens is 1. The first-order valence-corrected chi connectivity index (χ1v) is 8.41. The molecule has 0 aliphatic heterocycles. The number of hydrogen-bond donors (Lipinski definition) is 0. The SMILES string of the molecule is CCOc1cc(C(=O)N(C)CCC(F)(F)F)ccc1OCc1cccnc1. The first-order chi connectivity index (χ1) is 12.8. The third-order valence-corrected chi connectivity index (χ3v) is 3.69. The third kappa shape index (κ3) is 6.47. The van der Waals surface area contributed by atoms with E-state index in [0.29, 0.717) is 18.1 Å². The topological polar surface area (TPSA) is 51.7 Å². The van der Waals surface area contributed by atoms with Crippen LogP contribution >= 0.6 is 0 Å². The molecular formula is C19H21F3N2O3. The average molecular weight is 382 g/mol. The molecule has 0 unspecified atom stereocenters. The molecule has 0 fully saturated rings. The summed E-state index contributed by atoms with van der Waals surface area (Å²) in [5.41, 5.74) is 1.10. The fourth-order valence-corrected chi connectivity index (χ4v) is 2.29. The summed E-state index contributed by atoms with van der Waals surface area (Å²) >= 11 is 0. The molecule has 0 radical (unpaired) electrons. The second kappa shape index (κ2) is 9.25. The van der Waals surface area contributed by atoms with Crippen LogP contribution in [0.4, 0.5) is 13.2 Å². The molecular weight excluding hydrogens is 361 g/mol. The lowest BCUT2D eigenvalue weighted by atomic mass is 10.1. The van der Waals surface area contributed by atoms with E-state index in [-0.39, 0.29) is 12.2 Å². The molecule has 27 heavy (non-hydrogen) atoms. The molecule has 0 aliphatic rings. The molecule has 1 heterocycles. The first-order valence-electron chi connectivity index (χ1n) is 8.41. The molecule has 0 N–H and O–H groups in total. The normalized spacial score (nSPS) is 11.1. The number of rotatable bonds is 8. The predicted octanol–water partition coefficient (Wildman–Crippen LogP) is 4.08. The summed E-state index contributed by atoms with van der Waals surface area (Å²) < 4.78 is 48.3. The number of alkyl halides is 3. The van der Waals surface area contributed by atoms with E-state index < -0.39 is 25.0 Å². The van der Waals surface area contributed by atoms with E-state index in [0.717, 1.165) is 10.5 Å². The summed E-state index contributed by atoms with van der Waals surface area (Å²) in [5, 5.41) is 0. The van der Waals surface area contributed by atoms with Gasteiger partial charge in [0.2, 0.25) is 0 Å². The fourth-order valence-electron chi connectivity index (χ4n) is 2.29. The molecule has 1 amide bonds. The van der Waals surface area contributed by atoms with Crippen LogP contribution in [0.3, 0.4) is 0 Å². The minimum Gasteiger partial charge on any atom is -0.490 e. The zero-order valence-electron chi connectivity index (χ0n) is 15.1. The van der Waals surface area contributed by atoms with E-state index in [1.54, 1.807) is 31.5 Å². The van der Waals surface area contributed by atoms with Crippen molar-refractivity contribution in [3.8, 4) is 11.5 Å². The molecule has 0 aliphatic carbocycles. The third-order valence-electron chi connectivity index (χ3n) is 3.69. The van der Waals surface area contributed by atoms with Crippen LogP contribution in [0, 0.1) is 0 Å². The smallest absolute Gasteiger partial charge is 0.390 e. The van der Waals surface area contributed by atoms with Crippen molar-refractivity contribution < 1.29 is 27.4 Å². The number of benzene rings is 1. The molecule has 0 saturated carbocycles. The van der Waals surface area contributed by atoms with Gasteiger partial charge >= 0.3 is 6.18 Å². The summed E-state index contributed by atoms with van der Waals surface area (Å²) in [6.45, 7) is 2.00. The van der Waals surface area contributed by atoms with Crippen molar-refractivity contribution in [3.05, 3.63) is 53.9 Å². The lowest BCUT2D eigenvalue weighted by Crippen LogP contribution is -2.30. The van der Waals surface area contributed by atoms with E-state index in [1.165, 1.54) is 19.2 Å². The van der Waals surface area contributed by atoms with Crippen molar-refractivity contribution >= 4 is 5.91 Å². The molecule has 5 nitrogen and oxygen atoms in total. The lowest BCUT2D eigenvalue weighted by molar-refractivity contribution is -0.136. The zero-order chi connectivity index (χ0) is 19.9. The Morgan fingerprint density at radius 3 is 2.59 bits per heavy atom. The van der Waals surface area contributed by atoms with Crippen LogP contribution in [-0.2, 0) is 6.61 Å². The van der Waals surface area contributed by atoms with Crippen LogP contribution in [0.2, 0.25) is 0 Å². The van der Waals surface area contributed by atoms with Gasteiger partial charge in [0, 0.05) is 37.1 Å². The number of ether oxygens (including phenoxy) is 2. The van der Waals surface area contributed by atoms with Crippen molar-refractivity contribution in [3.63, 3.8) is 0 Å². The maximum atomic E-state index is 12.4. The van der Waals surface area contributed by atoms with Crippen molar-refractivity contribution in [1.29, 1.82) is 0 Å². The van der Waals surface area contributed by atoms with Crippen molar-refractivity contribution in [1.82, 2.24) is 9.88 Å². The number of pyridine rings is 1. The number of carbonyl (C=O) groups excluding carboxylic acids is 1. The van der Waals surface area contributed by atoms with Gasteiger partial charge in [0.05, 0.1) is 13.0 Å². The number of amides is 1. The van der Waals surface area contributed by atoms with Gasteiger partial charge in [-0.05, 0) is 31.2 Å². The maximum absolute atomic E-state index is 12.4. The Hall–Kier alpha value is -2.77. The van der Waals surface area contributed by atoms with Crippen LogP contribution in [0.1, 0.15) is 29.3 Å². The van der Waals surface area contributed by atoms with Gasteiger partial charge in [-0.2, -0.15) is 13.2 Å². The summed E-state index contributed by atoms with van der Waals surface area (Å²) in [6.07, 6.45) is -2.03. The van der Waals surface area contributed by atoms with E-state index in [2.05, 4.69) is 4.98 Å². The zero-order valence-corrected chi connectivity index (χ0v) is 15.1. The highest BCUT2D eigenvalue weighted by molar-refractivity contribution is 5.94. The van der Waals surface area contributed by atoms with Crippen LogP contribution in [0.25, 0.3) is 0 Å². The molecule has 2 aromatic rings. The Labute approximate surface area is 155 Å². The van der Waals surface area contributed by atoms with Gasteiger partial charge in [-0.3, -0.25) is 9.78 Å². The lowest BCUT2D eigenvalue weighted by Gasteiger charge is -2.19. The summed E-state index contributed by atoms with van der Waals surface area (Å²) in [7, 11) is 1.33. The highest BCUT2D eigenvalue weighted by Gasteiger charge is 2.28. The quantitative estimate of drug-likeness (QED) is 0.690. The van der Waals surface area contributed by atoms with E-state index in [1.807, 2.05) is 6.07 Å². The Kier molecular flexibility index (Phi) is 7.04. The molecule has 1 aromatic heterocycles. The fraction of sp³-hybridized carbons (Fsp3) is 0.368. The van der Waals surface area contributed by atoms with Gasteiger partial charge in [0.1, 0.15) is 6.61 Å². The summed E-state index contributed by atoms with van der Waals surface area (Å²) in [4.78, 5) is 17.4. The first kappa shape index (κ1) is 20.5. The van der Waals surface area contributed by atoms with Crippen molar-refractivity contribution in [2.24, 2.45) is 0 Å². The number of carbonyl (C=O) groups is 1. The maximum Gasteiger partial charge on any atom is 0.390 e. The highest BCUT2D eigenvalue weighted by atomic mass is 19.4. The molecule has 0 bridgehead atoms. The Morgan fingerprint density at radius 2 is 1.96 bits per heavy atom. The standard InChI is InChI=1S/C19H21F3N2O3/c1-3-26-17-11-15(18(25)24(2)10-8-19(20,21)22)6-7-16(17)27-13-14-5-4-9-23-12-14/h4-7,9,11-12H,3,8,10,13H2,1-2H3. The van der Waals surface area contributed by atoms with E-state index in [4.69, 9.17) is 9.47 Å². The van der Waals surface area contributed by atoms with Crippen molar-refractivity contribution in [2.45, 2.75) is 26.1 Å². The van der Waals surface area contributed by atoms with Gasteiger partial charge in [0.15, 0.2) is 11.5 Å². The van der Waals surface area contributed by atoms with Crippen LogP contribution in [-0.4, -0.2) is 42.2 Å². The van der Waals surface area contributed by atoms with Crippen molar-refractivity contribution in [2.75, 3.05) is 20.2 Å². The minimum atomic E-state index is -4.31. The monoisotopic (exact) mass is 382 g/mol. The molecule has 0 saturated heterocycles. The summed E-state index contributed by atoms with van der Waals surface area (Å²) in [5.74, 6) is 0.283. The van der Waals surface area contributed by atoms with Gasteiger partial charge in [-0.25, -0.2) is 0 Å². The van der Waals surface area contributed by atoms with Gasteiger partial charge < -0.3 is 14.4 Å². The molecule has 1 aromatic carbocycles. The molecule has 0 spiro atoms. The van der Waals surface area contributed by atoms with E-state index in [9.17, 15) is 18.0 Å². The second-order valence-electron chi connectivity index (χ2n) is 5.84. The number of halogens is 3. The predicted molar refractivity (Wildman–Crippen MR) is 93.8 cm³/mol. The molecule has 146 valence electrons. The minimum absolute atomic E-state index is 0.233. The summed E-state index contributed by atoms with van der Waals surface area (Å²) in [6, 6.07) is 8.22. The van der Waals surface area contributed by atoms with E-state index >= 15 is 0 Å². The largest absolute Gasteiger partial charge is 0.490 e. The van der Waals surface area contributed by atoms with Gasteiger partial charge in [-0.1, -0.05) is 6.07 Å². The highest BCUT2D eigenvalue weighted by Crippen LogP contribution is 2.30. The number of nitrogens with zero attached hydrogens (tertiary/aromatic N) is 2. The Bertz CT molecular complexity index is 752. The molecule has 8 heteroatoms. The van der Waals surface area contributed by atoms with Gasteiger partial charge in [0.25, 0.3) is 5.91 Å². The average Bonchev–Trinajstić information content (AvgIpc) is 2.65. The van der Waals surface area contributed by atoms with Gasteiger partial charge in [-0.15, -0.1) is 0 Å². The number of hydrogen-bond acceptors (Lipinski definition) is 4. The van der Waals surface area contributed by atoms with Crippen LogP contribution in [0.5, 0.6) is 11.5 Å². The molecule has 2 rings (SSSR count). The molecule has 0 atom stereocenters.